The van der Waals surface area contributed by atoms with Gasteiger partial charge in [-0.1, -0.05) is 0 Å². The number of ether oxygens (including phenoxy) is 1. The Bertz CT molecular complexity index is 248. The van der Waals surface area contributed by atoms with Crippen molar-refractivity contribution in [3.05, 3.63) is 24.3 Å². The highest BCUT2D eigenvalue weighted by atomic mass is 32.2. The lowest BCUT2D eigenvalue weighted by Gasteiger charge is -2.00. The molecule has 0 bridgehead atoms. The van der Waals surface area contributed by atoms with Crippen LogP contribution in [-0.4, -0.2) is 13.5 Å². The highest BCUT2D eigenvalue weighted by molar-refractivity contribution is 7.97. The predicted molar refractivity (Wildman–Crippen MR) is 47.7 cm³/mol. The third-order valence-corrected chi connectivity index (χ3v) is 1.96. The van der Waals surface area contributed by atoms with E-state index in [1.807, 2.05) is 24.3 Å². The molecule has 0 saturated carbocycles. The van der Waals surface area contributed by atoms with Crippen molar-refractivity contribution in [2.45, 2.75) is 4.90 Å². The highest BCUT2D eigenvalue weighted by Crippen LogP contribution is 2.17. The van der Waals surface area contributed by atoms with Crippen molar-refractivity contribution in [2.24, 2.45) is 0 Å². The van der Waals surface area contributed by atoms with Gasteiger partial charge >= 0.3 is 6.41 Å². The van der Waals surface area contributed by atoms with E-state index in [2.05, 4.69) is 4.72 Å². The van der Waals surface area contributed by atoms with Crippen LogP contribution >= 0.6 is 11.9 Å². The van der Waals surface area contributed by atoms with Crippen LogP contribution in [0.25, 0.3) is 0 Å². The van der Waals surface area contributed by atoms with Crippen LogP contribution in [0, 0.1) is 0 Å². The van der Waals surface area contributed by atoms with Gasteiger partial charge in [0.15, 0.2) is 0 Å². The van der Waals surface area contributed by atoms with Crippen molar-refractivity contribution in [1.82, 2.24) is 4.72 Å². The Labute approximate surface area is 75.2 Å². The Morgan fingerprint density at radius 1 is 1.42 bits per heavy atom. The van der Waals surface area contributed by atoms with Gasteiger partial charge in [0.05, 0.1) is 7.11 Å². The molecule has 1 aromatic carbocycles. The maximum Gasteiger partial charge on any atom is 0.320 e. The molecular formula is C8H8NO2S. The Morgan fingerprint density at radius 3 is 2.58 bits per heavy atom. The Hall–Kier alpha value is -1.16. The monoisotopic (exact) mass is 182 g/mol. The zero-order valence-corrected chi connectivity index (χ0v) is 7.35. The van der Waals surface area contributed by atoms with Crippen molar-refractivity contribution in [1.29, 1.82) is 0 Å². The predicted octanol–water partition coefficient (Wildman–Crippen LogP) is 1.36. The summed E-state index contributed by atoms with van der Waals surface area (Å²) in [7, 11) is 1.61. The second-order valence-corrected chi connectivity index (χ2v) is 2.86. The first-order valence-corrected chi connectivity index (χ1v) is 4.11. The van der Waals surface area contributed by atoms with Crippen LogP contribution in [-0.2, 0) is 4.79 Å². The minimum atomic E-state index is 0.800. The highest BCUT2D eigenvalue weighted by Gasteiger charge is 1.93. The van der Waals surface area contributed by atoms with E-state index in [4.69, 9.17) is 4.74 Å². The lowest BCUT2D eigenvalue weighted by molar-refractivity contribution is 0.414. The van der Waals surface area contributed by atoms with Crippen LogP contribution in [0.5, 0.6) is 5.75 Å². The molecule has 1 aromatic rings. The summed E-state index contributed by atoms with van der Waals surface area (Å²) in [6.45, 7) is 0. The van der Waals surface area contributed by atoms with Crippen LogP contribution in [0.1, 0.15) is 0 Å². The number of nitrogens with one attached hydrogen (secondary N) is 1. The number of carbonyl (C=O) groups excluding carboxylic acids is 1. The lowest BCUT2D eigenvalue weighted by atomic mass is 10.3. The molecule has 1 radical (unpaired) electrons. The Balaban J connectivity index is 2.58. The standard InChI is InChI=1S/C8H8NO2S/c1-11-7-2-4-8(5-3-7)12-9-6-10/h2-5H,1H3,(H,9,10). The summed E-state index contributed by atoms with van der Waals surface area (Å²) >= 11 is 1.21. The van der Waals surface area contributed by atoms with E-state index in [0.717, 1.165) is 10.6 Å². The largest absolute Gasteiger partial charge is 0.497 e. The SMILES string of the molecule is COc1ccc(SN[C]=O)cc1. The maximum atomic E-state index is 9.82. The quantitative estimate of drug-likeness (QED) is 0.564. The summed E-state index contributed by atoms with van der Waals surface area (Å²) < 4.78 is 7.34. The van der Waals surface area contributed by atoms with Crippen molar-refractivity contribution < 1.29 is 9.53 Å². The third-order valence-electron chi connectivity index (χ3n) is 1.27. The van der Waals surface area contributed by atoms with E-state index >= 15 is 0 Å². The topological polar surface area (TPSA) is 38.3 Å². The van der Waals surface area contributed by atoms with E-state index in [0.29, 0.717) is 0 Å². The minimum absolute atomic E-state index is 0.800. The van der Waals surface area contributed by atoms with E-state index in [1.54, 1.807) is 13.5 Å². The summed E-state index contributed by atoms with van der Waals surface area (Å²) in [4.78, 5) is 10.8. The van der Waals surface area contributed by atoms with Gasteiger partial charge in [0.1, 0.15) is 5.75 Å². The number of methoxy groups -OCH3 is 1. The van der Waals surface area contributed by atoms with Gasteiger partial charge in [-0.15, -0.1) is 0 Å². The normalized spacial score (nSPS) is 9.08. The smallest absolute Gasteiger partial charge is 0.320 e. The fourth-order valence-corrected chi connectivity index (χ4v) is 1.16. The van der Waals surface area contributed by atoms with Crippen LogP contribution in [0.2, 0.25) is 0 Å². The average Bonchev–Trinajstić information content (AvgIpc) is 2.15. The Morgan fingerprint density at radius 2 is 2.08 bits per heavy atom. The number of rotatable bonds is 4. The van der Waals surface area contributed by atoms with Crippen molar-refractivity contribution >= 4 is 18.4 Å². The molecule has 12 heavy (non-hydrogen) atoms. The third kappa shape index (κ3) is 2.47. The summed E-state index contributed by atoms with van der Waals surface area (Å²) in [5.41, 5.74) is 0. The molecule has 0 aliphatic rings. The van der Waals surface area contributed by atoms with Crippen LogP contribution in [0.4, 0.5) is 0 Å². The van der Waals surface area contributed by atoms with Gasteiger partial charge in [-0.05, 0) is 36.2 Å². The van der Waals surface area contributed by atoms with E-state index in [9.17, 15) is 4.79 Å². The molecule has 63 valence electrons. The summed E-state index contributed by atoms with van der Waals surface area (Å²) in [5, 5.41) is 0. The zero-order valence-electron chi connectivity index (χ0n) is 6.53. The Kier molecular flexibility index (Phi) is 3.47. The molecule has 0 atom stereocenters. The molecule has 4 heteroatoms. The van der Waals surface area contributed by atoms with Crippen molar-refractivity contribution in [3.8, 4) is 5.75 Å². The van der Waals surface area contributed by atoms with Crippen molar-refractivity contribution in [3.63, 3.8) is 0 Å². The molecule has 1 N–H and O–H groups in total. The van der Waals surface area contributed by atoms with Crippen LogP contribution in [0.15, 0.2) is 29.2 Å². The zero-order chi connectivity index (χ0) is 8.81. The van der Waals surface area contributed by atoms with E-state index in [-0.39, 0.29) is 0 Å². The van der Waals surface area contributed by atoms with Gasteiger partial charge in [-0.3, -0.25) is 9.52 Å². The first-order chi connectivity index (χ1) is 5.86. The van der Waals surface area contributed by atoms with Crippen molar-refractivity contribution in [2.75, 3.05) is 7.11 Å². The molecular weight excluding hydrogens is 174 g/mol. The van der Waals surface area contributed by atoms with Crippen LogP contribution in [0.3, 0.4) is 0 Å². The number of hydrogen-bond acceptors (Lipinski definition) is 3. The fraction of sp³-hybridized carbons (Fsp3) is 0.125. The summed E-state index contributed by atoms with van der Waals surface area (Å²) in [6, 6.07) is 7.37. The molecule has 0 fully saturated rings. The summed E-state index contributed by atoms with van der Waals surface area (Å²) in [6.07, 6.45) is 1.58. The van der Waals surface area contributed by atoms with Gasteiger partial charge in [-0.25, -0.2) is 0 Å². The minimum Gasteiger partial charge on any atom is -0.497 e. The second-order valence-electron chi connectivity index (χ2n) is 1.98. The maximum absolute atomic E-state index is 9.82. The molecule has 0 spiro atoms. The molecule has 0 aromatic heterocycles. The molecule has 0 heterocycles. The van der Waals surface area contributed by atoms with Gasteiger partial charge in [0.25, 0.3) is 0 Å². The average molecular weight is 182 g/mol. The van der Waals surface area contributed by atoms with Gasteiger partial charge in [0, 0.05) is 4.90 Å². The van der Waals surface area contributed by atoms with Gasteiger partial charge in [-0.2, -0.15) is 0 Å². The first kappa shape index (κ1) is 8.93. The molecule has 0 saturated heterocycles. The second kappa shape index (κ2) is 4.66. The van der Waals surface area contributed by atoms with Gasteiger partial charge < -0.3 is 4.74 Å². The number of benzene rings is 1. The molecule has 0 aliphatic carbocycles. The van der Waals surface area contributed by atoms with E-state index in [1.165, 1.54) is 11.9 Å². The molecule has 1 rings (SSSR count). The molecule has 0 unspecified atom stereocenters. The summed E-state index contributed by atoms with van der Waals surface area (Å²) in [5.74, 6) is 0.800. The van der Waals surface area contributed by atoms with E-state index < -0.39 is 0 Å². The van der Waals surface area contributed by atoms with Crippen LogP contribution < -0.4 is 9.46 Å². The molecule has 0 aliphatic heterocycles. The molecule has 1 amide bonds. The number of hydrogen-bond donors (Lipinski definition) is 1. The first-order valence-electron chi connectivity index (χ1n) is 3.30. The molecule has 3 nitrogen and oxygen atoms in total. The van der Waals surface area contributed by atoms with Gasteiger partial charge in [0.2, 0.25) is 0 Å². The number of amides is 1. The lowest BCUT2D eigenvalue weighted by Crippen LogP contribution is -1.96. The fourth-order valence-electron chi connectivity index (χ4n) is 0.724.